The van der Waals surface area contributed by atoms with Crippen molar-refractivity contribution in [3.8, 4) is 0 Å². The number of carboxylic acid groups (broad SMARTS) is 2. The first-order valence-electron chi connectivity index (χ1n) is 14.3. The fraction of sp³-hybridized carbons (Fsp3) is 0.923. The van der Waals surface area contributed by atoms with Crippen LogP contribution in [0, 0.1) is 0 Å². The first-order valence-corrected chi connectivity index (χ1v) is 17.6. The minimum Gasteiger partial charge on any atom is -0.550 e. The number of aliphatic carboxylic acids is 2. The third-order valence-electron chi connectivity index (χ3n) is 5.84. The molecule has 0 saturated heterocycles. The molecule has 0 atom stereocenters. The topological polar surface area (TPSA) is 173 Å². The van der Waals surface area contributed by atoms with E-state index in [-0.39, 0.29) is 75.2 Å². The fourth-order valence-electron chi connectivity index (χ4n) is 3.61. The zero-order valence-corrected chi connectivity index (χ0v) is 28.2. The standard InChI is InChI=1S/2C13H27NO4S.Ca/c2*1-2-3-4-5-6-7-8-9-12-19(17,18)14-11-10-13(15)16;/h2*14H,2-12H2,1H3,(H,15,16);/q;;+2/p-2. The summed E-state index contributed by atoms with van der Waals surface area (Å²) in [5, 5.41) is 20.3. The van der Waals surface area contributed by atoms with E-state index in [1.54, 1.807) is 0 Å². The van der Waals surface area contributed by atoms with Crippen molar-refractivity contribution in [1.29, 1.82) is 0 Å². The van der Waals surface area contributed by atoms with E-state index in [1.807, 2.05) is 0 Å². The van der Waals surface area contributed by atoms with E-state index in [4.69, 9.17) is 0 Å². The summed E-state index contributed by atoms with van der Waals surface area (Å²) in [5.41, 5.74) is 0. The summed E-state index contributed by atoms with van der Waals surface area (Å²) in [6.07, 6.45) is 17.0. The molecule has 0 unspecified atom stereocenters. The van der Waals surface area contributed by atoms with Gasteiger partial charge in [-0.3, -0.25) is 0 Å². The van der Waals surface area contributed by atoms with Crippen molar-refractivity contribution in [1.82, 2.24) is 9.44 Å². The van der Waals surface area contributed by atoms with Crippen molar-refractivity contribution < 1.29 is 36.6 Å². The van der Waals surface area contributed by atoms with Crippen molar-refractivity contribution in [2.24, 2.45) is 0 Å². The maximum Gasteiger partial charge on any atom is 2.00 e. The number of carboxylic acids is 2. The zero-order valence-electron chi connectivity index (χ0n) is 24.3. The third-order valence-corrected chi connectivity index (χ3v) is 8.78. The molecule has 0 saturated carbocycles. The molecule has 0 aromatic rings. The molecule has 0 radical (unpaired) electrons. The number of unbranched alkanes of at least 4 members (excludes halogenated alkanes) is 14. The van der Waals surface area contributed by atoms with E-state index < -0.39 is 32.0 Å². The van der Waals surface area contributed by atoms with Gasteiger partial charge >= 0.3 is 37.7 Å². The molecule has 0 fully saturated rings. The van der Waals surface area contributed by atoms with Crippen LogP contribution in [0.5, 0.6) is 0 Å². The van der Waals surface area contributed by atoms with Crippen LogP contribution in [0.3, 0.4) is 0 Å². The number of hydrogen-bond acceptors (Lipinski definition) is 8. The minimum atomic E-state index is -3.32. The Balaban J connectivity index is -0.000000648. The molecular weight excluding hydrogens is 573 g/mol. The number of carbonyl (C=O) groups is 2. The van der Waals surface area contributed by atoms with Crippen molar-refractivity contribution in [2.45, 2.75) is 129 Å². The van der Waals surface area contributed by atoms with Gasteiger partial charge in [0.15, 0.2) is 0 Å². The molecule has 2 N–H and O–H groups in total. The van der Waals surface area contributed by atoms with Gasteiger partial charge in [0.2, 0.25) is 20.0 Å². The summed E-state index contributed by atoms with van der Waals surface area (Å²) < 4.78 is 50.4. The fourth-order valence-corrected chi connectivity index (χ4v) is 5.90. The van der Waals surface area contributed by atoms with E-state index >= 15 is 0 Å². The molecule has 0 rings (SSSR count). The predicted molar refractivity (Wildman–Crippen MR) is 154 cm³/mol. The van der Waals surface area contributed by atoms with Crippen LogP contribution in [0.25, 0.3) is 0 Å². The van der Waals surface area contributed by atoms with Gasteiger partial charge in [0.25, 0.3) is 0 Å². The van der Waals surface area contributed by atoms with E-state index in [1.165, 1.54) is 51.4 Å². The maximum atomic E-state index is 11.5. The molecule has 13 heteroatoms. The Hall–Kier alpha value is 0.0197. The molecule has 0 bridgehead atoms. The van der Waals surface area contributed by atoms with E-state index in [0.717, 1.165) is 38.5 Å². The van der Waals surface area contributed by atoms with Gasteiger partial charge in [0, 0.05) is 37.9 Å². The largest absolute Gasteiger partial charge is 2.00 e. The Morgan fingerprint density at radius 2 is 0.769 bits per heavy atom. The monoisotopic (exact) mass is 624 g/mol. The van der Waals surface area contributed by atoms with Gasteiger partial charge in [-0.15, -0.1) is 0 Å². The summed E-state index contributed by atoms with van der Waals surface area (Å²) in [5.74, 6) is -2.33. The average molecular weight is 625 g/mol. The smallest absolute Gasteiger partial charge is 0.550 e. The molecule has 0 aliphatic heterocycles. The molecule has 10 nitrogen and oxygen atoms in total. The van der Waals surface area contributed by atoms with Crippen LogP contribution in [0.1, 0.15) is 129 Å². The molecule has 228 valence electrons. The molecule has 0 aliphatic carbocycles. The van der Waals surface area contributed by atoms with Crippen molar-refractivity contribution >= 4 is 69.7 Å². The molecule has 0 aromatic heterocycles. The SMILES string of the molecule is CCCCCCCCCCS(=O)(=O)NCCC(=O)[O-].CCCCCCCCCCS(=O)(=O)NCCC(=O)[O-].[Ca+2]. The van der Waals surface area contributed by atoms with Gasteiger partial charge in [0.05, 0.1) is 11.5 Å². The van der Waals surface area contributed by atoms with Crippen LogP contribution in [0.15, 0.2) is 0 Å². The van der Waals surface area contributed by atoms with Crippen LogP contribution in [-0.4, -0.2) is 91.1 Å². The molecule has 0 amide bonds. The summed E-state index contributed by atoms with van der Waals surface area (Å²) in [7, 11) is -6.64. The van der Waals surface area contributed by atoms with Gasteiger partial charge in [0.1, 0.15) is 0 Å². The first-order chi connectivity index (χ1) is 18.0. The van der Waals surface area contributed by atoms with Gasteiger partial charge in [-0.2, -0.15) is 0 Å². The summed E-state index contributed by atoms with van der Waals surface area (Å²) in [4.78, 5) is 20.3. The van der Waals surface area contributed by atoms with Crippen LogP contribution in [0.4, 0.5) is 0 Å². The second-order valence-electron chi connectivity index (χ2n) is 9.62. The summed E-state index contributed by atoms with van der Waals surface area (Å²) >= 11 is 0. The van der Waals surface area contributed by atoms with Crippen molar-refractivity contribution in [3.05, 3.63) is 0 Å². The number of hydrogen-bond donors (Lipinski definition) is 2. The van der Waals surface area contributed by atoms with Gasteiger partial charge in [-0.05, 0) is 12.8 Å². The van der Waals surface area contributed by atoms with Crippen molar-refractivity contribution in [2.75, 3.05) is 24.6 Å². The molecule has 0 aliphatic rings. The average Bonchev–Trinajstić information content (AvgIpc) is 2.82. The molecule has 0 heterocycles. The Morgan fingerprint density at radius 3 is 1.03 bits per heavy atom. The Morgan fingerprint density at radius 1 is 0.513 bits per heavy atom. The van der Waals surface area contributed by atoms with Crippen LogP contribution >= 0.6 is 0 Å². The Bertz CT molecular complexity index is 728. The summed E-state index contributed by atoms with van der Waals surface area (Å²) in [6.45, 7) is 4.19. The van der Waals surface area contributed by atoms with Crippen LogP contribution in [0.2, 0.25) is 0 Å². The van der Waals surface area contributed by atoms with E-state index in [2.05, 4.69) is 23.3 Å². The van der Waals surface area contributed by atoms with Crippen LogP contribution < -0.4 is 19.7 Å². The molecule has 0 aromatic carbocycles. The van der Waals surface area contributed by atoms with Crippen molar-refractivity contribution in [3.63, 3.8) is 0 Å². The van der Waals surface area contributed by atoms with Gasteiger partial charge in [-0.25, -0.2) is 26.3 Å². The van der Waals surface area contributed by atoms with E-state index in [9.17, 15) is 36.6 Å². The molecular formula is C26H52CaN2O8S2. The second-order valence-corrected chi connectivity index (χ2v) is 13.5. The third kappa shape index (κ3) is 38.0. The zero-order chi connectivity index (χ0) is 29.1. The number of carbonyl (C=O) groups excluding carboxylic acids is 2. The second kappa shape index (κ2) is 29.5. The number of rotatable bonds is 26. The quantitative estimate of drug-likeness (QED) is 0.109. The van der Waals surface area contributed by atoms with Gasteiger partial charge in [-0.1, -0.05) is 104 Å². The molecule has 0 spiro atoms. The minimum absolute atomic E-state index is 0. The summed E-state index contributed by atoms with van der Waals surface area (Å²) in [6, 6.07) is 0. The Kier molecular flexibility index (Phi) is 32.9. The Labute approximate surface area is 268 Å². The van der Waals surface area contributed by atoms with E-state index in [0.29, 0.717) is 12.8 Å². The number of nitrogens with one attached hydrogen (secondary N) is 2. The normalized spacial score (nSPS) is 11.3. The predicted octanol–water partition coefficient (Wildman–Crippen LogP) is 1.99. The maximum absolute atomic E-state index is 11.5. The first kappa shape index (κ1) is 43.5. The molecule has 39 heavy (non-hydrogen) atoms. The number of sulfonamides is 2. The van der Waals surface area contributed by atoms with Gasteiger partial charge < -0.3 is 19.8 Å². The van der Waals surface area contributed by atoms with Crippen LogP contribution in [-0.2, 0) is 29.6 Å².